The number of aromatic nitrogens is 1. The number of para-hydroxylation sites is 1. The van der Waals surface area contributed by atoms with Crippen molar-refractivity contribution in [1.82, 2.24) is 4.57 Å². The molecule has 1 heterocycles. The van der Waals surface area contributed by atoms with Crippen LogP contribution in [0.25, 0.3) is 59.8 Å². The highest BCUT2D eigenvalue weighted by molar-refractivity contribution is 6.35. The number of benzene rings is 6. The molecule has 7 aromatic rings. The second kappa shape index (κ2) is 6.41. The second-order valence-electron chi connectivity index (χ2n) is 8.31. The van der Waals surface area contributed by atoms with E-state index < -0.39 is 0 Å². The second-order valence-corrected chi connectivity index (χ2v) is 8.31. The van der Waals surface area contributed by atoms with Gasteiger partial charge in [-0.2, -0.15) is 0 Å². The van der Waals surface area contributed by atoms with Crippen LogP contribution in [0.1, 0.15) is 0 Å². The SMILES string of the molecule is Fc1ccc(-n2c3ccccc3c3c4ccccc4c4c5ccccc5ccc4c32)cc1. The fourth-order valence-corrected chi connectivity index (χ4v) is 5.30. The van der Waals surface area contributed by atoms with Gasteiger partial charge in [-0.05, 0) is 57.3 Å². The Morgan fingerprint density at radius 1 is 0.469 bits per heavy atom. The normalized spacial score (nSPS) is 11.9. The molecular weight excluding hydrogens is 393 g/mol. The van der Waals surface area contributed by atoms with Crippen LogP contribution >= 0.6 is 0 Å². The van der Waals surface area contributed by atoms with Gasteiger partial charge in [-0.3, -0.25) is 0 Å². The smallest absolute Gasteiger partial charge is 0.123 e. The lowest BCUT2D eigenvalue weighted by atomic mass is 9.93. The van der Waals surface area contributed by atoms with E-state index in [-0.39, 0.29) is 5.82 Å². The summed E-state index contributed by atoms with van der Waals surface area (Å²) in [6, 6.07) is 37.0. The van der Waals surface area contributed by atoms with Crippen LogP contribution in [-0.2, 0) is 0 Å². The molecule has 0 unspecified atom stereocenters. The van der Waals surface area contributed by atoms with Crippen LogP contribution in [0.5, 0.6) is 0 Å². The Morgan fingerprint density at radius 2 is 1.09 bits per heavy atom. The van der Waals surface area contributed by atoms with Crippen molar-refractivity contribution in [3.05, 3.63) is 115 Å². The molecule has 0 aliphatic carbocycles. The van der Waals surface area contributed by atoms with Gasteiger partial charge in [-0.15, -0.1) is 0 Å². The van der Waals surface area contributed by atoms with Gasteiger partial charge in [-0.1, -0.05) is 78.9 Å². The van der Waals surface area contributed by atoms with Gasteiger partial charge in [0.2, 0.25) is 0 Å². The van der Waals surface area contributed by atoms with E-state index in [4.69, 9.17) is 0 Å². The van der Waals surface area contributed by atoms with E-state index in [1.807, 2.05) is 12.1 Å². The molecule has 0 bridgehead atoms. The summed E-state index contributed by atoms with van der Waals surface area (Å²) in [7, 11) is 0. The van der Waals surface area contributed by atoms with E-state index in [9.17, 15) is 4.39 Å². The summed E-state index contributed by atoms with van der Waals surface area (Å²) in [5.41, 5.74) is 3.25. The molecule has 0 amide bonds. The Hall–Kier alpha value is -4.17. The summed E-state index contributed by atoms with van der Waals surface area (Å²) in [4.78, 5) is 0. The highest BCUT2D eigenvalue weighted by atomic mass is 19.1. The predicted molar refractivity (Wildman–Crippen MR) is 133 cm³/mol. The van der Waals surface area contributed by atoms with Gasteiger partial charge in [0.25, 0.3) is 0 Å². The van der Waals surface area contributed by atoms with E-state index >= 15 is 0 Å². The zero-order valence-electron chi connectivity index (χ0n) is 17.2. The number of halogens is 1. The summed E-state index contributed by atoms with van der Waals surface area (Å²) in [6.45, 7) is 0. The fourth-order valence-electron chi connectivity index (χ4n) is 5.30. The molecule has 0 aliphatic rings. The number of hydrogen-bond donors (Lipinski definition) is 0. The Kier molecular flexibility index (Phi) is 3.51. The first kappa shape index (κ1) is 17.5. The third-order valence-corrected chi connectivity index (χ3v) is 6.61. The highest BCUT2D eigenvalue weighted by Gasteiger charge is 2.19. The van der Waals surface area contributed by atoms with Gasteiger partial charge in [-0.25, -0.2) is 4.39 Å². The van der Waals surface area contributed by atoms with Gasteiger partial charge in [0, 0.05) is 21.8 Å². The third kappa shape index (κ3) is 2.27. The van der Waals surface area contributed by atoms with E-state index in [1.165, 1.54) is 55.2 Å². The van der Waals surface area contributed by atoms with E-state index in [0.717, 1.165) is 16.7 Å². The van der Waals surface area contributed by atoms with Gasteiger partial charge in [0.05, 0.1) is 11.0 Å². The molecule has 0 spiro atoms. The van der Waals surface area contributed by atoms with Crippen molar-refractivity contribution in [2.45, 2.75) is 0 Å². The Morgan fingerprint density at radius 3 is 1.88 bits per heavy atom. The lowest BCUT2D eigenvalue weighted by Crippen LogP contribution is -1.95. The van der Waals surface area contributed by atoms with Crippen LogP contribution in [0.2, 0.25) is 0 Å². The summed E-state index contributed by atoms with van der Waals surface area (Å²) < 4.78 is 16.1. The molecule has 2 heteroatoms. The van der Waals surface area contributed by atoms with E-state index in [0.29, 0.717) is 0 Å². The van der Waals surface area contributed by atoms with Crippen molar-refractivity contribution in [2.24, 2.45) is 0 Å². The minimum Gasteiger partial charge on any atom is -0.309 e. The van der Waals surface area contributed by atoms with Gasteiger partial charge < -0.3 is 4.57 Å². The van der Waals surface area contributed by atoms with E-state index in [1.54, 1.807) is 0 Å². The first-order valence-corrected chi connectivity index (χ1v) is 10.8. The molecule has 150 valence electrons. The van der Waals surface area contributed by atoms with Crippen molar-refractivity contribution in [2.75, 3.05) is 0 Å². The summed E-state index contributed by atoms with van der Waals surface area (Å²) in [5, 5.41) is 9.89. The number of rotatable bonds is 1. The maximum absolute atomic E-state index is 13.8. The minimum absolute atomic E-state index is 0.226. The molecule has 7 rings (SSSR count). The van der Waals surface area contributed by atoms with Crippen molar-refractivity contribution in [3.8, 4) is 5.69 Å². The largest absolute Gasteiger partial charge is 0.309 e. The van der Waals surface area contributed by atoms with Gasteiger partial charge >= 0.3 is 0 Å². The zero-order valence-corrected chi connectivity index (χ0v) is 17.2. The average molecular weight is 411 g/mol. The van der Waals surface area contributed by atoms with Crippen LogP contribution < -0.4 is 0 Å². The molecule has 0 radical (unpaired) electrons. The quantitative estimate of drug-likeness (QED) is 0.239. The number of hydrogen-bond acceptors (Lipinski definition) is 0. The van der Waals surface area contributed by atoms with Crippen LogP contribution in [0.15, 0.2) is 109 Å². The first-order valence-electron chi connectivity index (χ1n) is 10.8. The molecule has 6 aromatic carbocycles. The minimum atomic E-state index is -0.226. The Balaban J connectivity index is 1.85. The molecular formula is C30H18FN. The maximum atomic E-state index is 13.8. The van der Waals surface area contributed by atoms with Crippen molar-refractivity contribution in [3.63, 3.8) is 0 Å². The zero-order chi connectivity index (χ0) is 21.2. The Bertz CT molecular complexity index is 1820. The van der Waals surface area contributed by atoms with Crippen LogP contribution in [0.4, 0.5) is 4.39 Å². The van der Waals surface area contributed by atoms with Crippen molar-refractivity contribution < 1.29 is 4.39 Å². The molecule has 1 nitrogen and oxygen atoms in total. The molecule has 1 aromatic heterocycles. The van der Waals surface area contributed by atoms with Gasteiger partial charge in [0.15, 0.2) is 0 Å². The molecule has 0 aliphatic heterocycles. The lowest BCUT2D eigenvalue weighted by molar-refractivity contribution is 0.627. The monoisotopic (exact) mass is 411 g/mol. The van der Waals surface area contributed by atoms with E-state index in [2.05, 4.69) is 89.5 Å². The summed E-state index contributed by atoms with van der Waals surface area (Å²) >= 11 is 0. The standard InChI is InChI=1S/C30H18FN/c31-20-14-16-21(17-15-20)32-27-12-6-5-11-25(27)29-24-10-4-3-9-23(24)28-22-8-2-1-7-19(22)13-18-26(28)30(29)32/h1-18H. The van der Waals surface area contributed by atoms with Gasteiger partial charge in [0.1, 0.15) is 5.82 Å². The number of nitrogens with zero attached hydrogens (tertiary/aromatic N) is 1. The molecule has 0 saturated heterocycles. The maximum Gasteiger partial charge on any atom is 0.123 e. The topological polar surface area (TPSA) is 4.93 Å². The lowest BCUT2D eigenvalue weighted by Gasteiger charge is -2.14. The fraction of sp³-hybridized carbons (Fsp3) is 0. The van der Waals surface area contributed by atoms with Crippen molar-refractivity contribution >= 4 is 54.1 Å². The molecule has 0 fully saturated rings. The molecule has 0 atom stereocenters. The van der Waals surface area contributed by atoms with Crippen molar-refractivity contribution in [1.29, 1.82) is 0 Å². The molecule has 32 heavy (non-hydrogen) atoms. The molecule has 0 saturated carbocycles. The highest BCUT2D eigenvalue weighted by Crippen LogP contribution is 2.44. The van der Waals surface area contributed by atoms with Crippen LogP contribution in [0, 0.1) is 5.82 Å². The Labute approximate surface area is 183 Å². The summed E-state index contributed by atoms with van der Waals surface area (Å²) in [6.07, 6.45) is 0. The first-order chi connectivity index (χ1) is 15.8. The van der Waals surface area contributed by atoms with Crippen LogP contribution in [-0.4, -0.2) is 4.57 Å². The molecule has 0 N–H and O–H groups in total. The summed E-state index contributed by atoms with van der Waals surface area (Å²) in [5.74, 6) is -0.226. The average Bonchev–Trinajstić information content (AvgIpc) is 3.20. The number of fused-ring (bicyclic) bond motifs is 10. The van der Waals surface area contributed by atoms with Crippen LogP contribution in [0.3, 0.4) is 0 Å². The predicted octanol–water partition coefficient (Wildman–Crippen LogP) is 8.38. The third-order valence-electron chi connectivity index (χ3n) is 6.61.